The number of rotatable bonds is 1. The van der Waals surface area contributed by atoms with E-state index < -0.39 is 0 Å². The van der Waals surface area contributed by atoms with Gasteiger partial charge in [0.15, 0.2) is 0 Å². The molecular formula is C11H23N3. The highest BCUT2D eigenvalue weighted by Crippen LogP contribution is 2.22. The molecule has 2 fully saturated rings. The summed E-state index contributed by atoms with van der Waals surface area (Å²) < 4.78 is 0. The number of nitrogens with zero attached hydrogens (tertiary/aromatic N) is 1. The van der Waals surface area contributed by atoms with Gasteiger partial charge in [-0.25, -0.2) is 0 Å². The van der Waals surface area contributed by atoms with E-state index in [-0.39, 0.29) is 0 Å². The van der Waals surface area contributed by atoms with Crippen LogP contribution in [0.5, 0.6) is 0 Å². The minimum atomic E-state index is 0.447. The third-order valence-electron chi connectivity index (χ3n) is 3.75. The predicted molar refractivity (Wildman–Crippen MR) is 59.3 cm³/mol. The first-order valence-electron chi connectivity index (χ1n) is 5.99. The zero-order valence-corrected chi connectivity index (χ0v) is 9.21. The average molecular weight is 197 g/mol. The molecule has 3 heteroatoms. The molecule has 0 radical (unpaired) electrons. The lowest BCUT2D eigenvalue weighted by atomic mass is 9.94. The van der Waals surface area contributed by atoms with Crippen LogP contribution in [0.1, 0.15) is 32.6 Å². The fourth-order valence-electron chi connectivity index (χ4n) is 2.91. The maximum Gasteiger partial charge on any atom is 0.0122 e. The Labute approximate surface area is 87.0 Å². The number of hydrogen-bond acceptors (Lipinski definition) is 3. The van der Waals surface area contributed by atoms with Gasteiger partial charge in [-0.3, -0.25) is 4.90 Å². The monoisotopic (exact) mass is 197 g/mol. The Morgan fingerprint density at radius 2 is 1.93 bits per heavy atom. The lowest BCUT2D eigenvalue weighted by Gasteiger charge is -2.43. The van der Waals surface area contributed by atoms with Gasteiger partial charge in [-0.15, -0.1) is 0 Å². The van der Waals surface area contributed by atoms with Gasteiger partial charge >= 0.3 is 0 Å². The topological polar surface area (TPSA) is 41.3 Å². The Balaban J connectivity index is 1.89. The zero-order valence-electron chi connectivity index (χ0n) is 9.21. The molecule has 0 aromatic rings. The van der Waals surface area contributed by atoms with Crippen molar-refractivity contribution in [2.24, 2.45) is 5.73 Å². The van der Waals surface area contributed by atoms with E-state index in [2.05, 4.69) is 17.1 Å². The van der Waals surface area contributed by atoms with Gasteiger partial charge in [-0.2, -0.15) is 0 Å². The van der Waals surface area contributed by atoms with Gasteiger partial charge in [-0.05, 0) is 45.7 Å². The van der Waals surface area contributed by atoms with Crippen LogP contribution in [0.3, 0.4) is 0 Å². The zero-order chi connectivity index (χ0) is 9.97. The van der Waals surface area contributed by atoms with Crippen molar-refractivity contribution in [2.75, 3.05) is 19.6 Å². The van der Waals surface area contributed by atoms with E-state index in [9.17, 15) is 0 Å². The highest BCUT2D eigenvalue weighted by Gasteiger charge is 2.29. The van der Waals surface area contributed by atoms with E-state index >= 15 is 0 Å². The molecule has 2 saturated heterocycles. The number of nitrogens with one attached hydrogen (secondary N) is 1. The second-order valence-corrected chi connectivity index (χ2v) is 4.85. The van der Waals surface area contributed by atoms with E-state index in [1.807, 2.05) is 0 Å². The van der Waals surface area contributed by atoms with Crippen molar-refractivity contribution >= 4 is 0 Å². The average Bonchev–Trinajstić information content (AvgIpc) is 2.19. The number of likely N-dealkylation sites (tertiary alicyclic amines) is 1. The molecule has 2 aliphatic heterocycles. The lowest BCUT2D eigenvalue weighted by Crippen LogP contribution is -2.52. The summed E-state index contributed by atoms with van der Waals surface area (Å²) in [4.78, 5) is 2.68. The van der Waals surface area contributed by atoms with Crippen LogP contribution in [-0.4, -0.2) is 42.7 Å². The molecule has 3 N–H and O–H groups in total. The van der Waals surface area contributed by atoms with E-state index in [0.717, 1.165) is 6.04 Å². The van der Waals surface area contributed by atoms with Crippen LogP contribution < -0.4 is 11.1 Å². The summed E-state index contributed by atoms with van der Waals surface area (Å²) in [6.45, 7) is 5.94. The highest BCUT2D eigenvalue weighted by molar-refractivity contribution is 4.87. The highest BCUT2D eigenvalue weighted by atomic mass is 15.2. The summed E-state index contributed by atoms with van der Waals surface area (Å²) in [5.41, 5.74) is 5.98. The predicted octanol–water partition coefficient (Wildman–Crippen LogP) is 0.550. The first-order valence-corrected chi connectivity index (χ1v) is 5.99. The van der Waals surface area contributed by atoms with Crippen LogP contribution >= 0.6 is 0 Å². The minimum absolute atomic E-state index is 0.447. The summed E-state index contributed by atoms with van der Waals surface area (Å²) in [6.07, 6.45) is 5.01. The molecule has 3 nitrogen and oxygen atoms in total. The minimum Gasteiger partial charge on any atom is -0.328 e. The fraction of sp³-hybridized carbons (Fsp3) is 1.00. The summed E-state index contributed by atoms with van der Waals surface area (Å²) in [6, 6.07) is 1.96. The number of piperidine rings is 2. The molecule has 2 aliphatic rings. The molecule has 0 bridgehead atoms. The third kappa shape index (κ3) is 2.27. The molecule has 0 saturated carbocycles. The Kier molecular flexibility index (Phi) is 3.42. The Hall–Kier alpha value is -0.120. The molecule has 2 rings (SSSR count). The first-order chi connectivity index (χ1) is 6.77. The van der Waals surface area contributed by atoms with Crippen molar-refractivity contribution in [1.82, 2.24) is 10.2 Å². The molecule has 0 amide bonds. The number of hydrogen-bond donors (Lipinski definition) is 2. The molecular weight excluding hydrogens is 174 g/mol. The van der Waals surface area contributed by atoms with Crippen molar-refractivity contribution < 1.29 is 0 Å². The largest absolute Gasteiger partial charge is 0.328 e. The summed E-state index contributed by atoms with van der Waals surface area (Å²) in [5, 5.41) is 3.43. The van der Waals surface area contributed by atoms with Gasteiger partial charge in [0.05, 0.1) is 0 Å². The van der Waals surface area contributed by atoms with Crippen molar-refractivity contribution in [3.8, 4) is 0 Å². The molecule has 82 valence electrons. The molecule has 14 heavy (non-hydrogen) atoms. The fourth-order valence-corrected chi connectivity index (χ4v) is 2.91. The second kappa shape index (κ2) is 4.60. The molecule has 2 atom stereocenters. The van der Waals surface area contributed by atoms with Gasteiger partial charge in [-0.1, -0.05) is 0 Å². The molecule has 0 aromatic carbocycles. The Bertz CT molecular complexity index is 177. The first kappa shape index (κ1) is 10.4. The molecule has 0 aliphatic carbocycles. The van der Waals surface area contributed by atoms with Gasteiger partial charge in [0.1, 0.15) is 0 Å². The maximum absolute atomic E-state index is 5.98. The smallest absolute Gasteiger partial charge is 0.0122 e. The molecule has 0 spiro atoms. The quantitative estimate of drug-likeness (QED) is 0.645. The standard InChI is InChI=1S/C11H23N3/c1-9-8-10(12)4-7-14(9)11-2-5-13-6-3-11/h9-11,13H,2-8,12H2,1H3/t9-,10?/m1/s1. The lowest BCUT2D eigenvalue weighted by molar-refractivity contribution is 0.0780. The van der Waals surface area contributed by atoms with E-state index in [1.165, 1.54) is 45.3 Å². The van der Waals surface area contributed by atoms with E-state index in [1.54, 1.807) is 0 Å². The SMILES string of the molecule is C[C@@H]1CC(N)CCN1C1CCNCC1. The van der Waals surface area contributed by atoms with Crippen LogP contribution in [-0.2, 0) is 0 Å². The van der Waals surface area contributed by atoms with Crippen LogP contribution in [0.15, 0.2) is 0 Å². The summed E-state index contributed by atoms with van der Waals surface area (Å²) in [5.74, 6) is 0. The second-order valence-electron chi connectivity index (χ2n) is 4.85. The van der Waals surface area contributed by atoms with E-state index in [4.69, 9.17) is 5.73 Å². The van der Waals surface area contributed by atoms with E-state index in [0.29, 0.717) is 12.1 Å². The van der Waals surface area contributed by atoms with Crippen LogP contribution in [0, 0.1) is 0 Å². The molecule has 2 heterocycles. The van der Waals surface area contributed by atoms with Crippen LogP contribution in [0.25, 0.3) is 0 Å². The van der Waals surface area contributed by atoms with Gasteiger partial charge in [0, 0.05) is 24.7 Å². The van der Waals surface area contributed by atoms with Crippen molar-refractivity contribution in [2.45, 2.75) is 50.7 Å². The van der Waals surface area contributed by atoms with Crippen molar-refractivity contribution in [3.63, 3.8) is 0 Å². The van der Waals surface area contributed by atoms with Gasteiger partial charge in [0.2, 0.25) is 0 Å². The van der Waals surface area contributed by atoms with Crippen LogP contribution in [0.4, 0.5) is 0 Å². The van der Waals surface area contributed by atoms with Crippen molar-refractivity contribution in [3.05, 3.63) is 0 Å². The van der Waals surface area contributed by atoms with Crippen molar-refractivity contribution in [1.29, 1.82) is 0 Å². The number of nitrogens with two attached hydrogens (primary N) is 1. The van der Waals surface area contributed by atoms with Gasteiger partial charge in [0.25, 0.3) is 0 Å². The summed E-state index contributed by atoms with van der Waals surface area (Å²) >= 11 is 0. The van der Waals surface area contributed by atoms with Crippen LogP contribution in [0.2, 0.25) is 0 Å². The normalized spacial score (nSPS) is 37.3. The Morgan fingerprint density at radius 1 is 1.21 bits per heavy atom. The maximum atomic E-state index is 5.98. The van der Waals surface area contributed by atoms with Gasteiger partial charge < -0.3 is 11.1 Å². The Morgan fingerprint density at radius 3 is 2.57 bits per heavy atom. The third-order valence-corrected chi connectivity index (χ3v) is 3.75. The summed E-state index contributed by atoms with van der Waals surface area (Å²) in [7, 11) is 0. The molecule has 1 unspecified atom stereocenters. The molecule has 0 aromatic heterocycles.